The second-order valence-corrected chi connectivity index (χ2v) is 6.51. The van der Waals surface area contributed by atoms with Gasteiger partial charge in [-0.25, -0.2) is 4.39 Å². The van der Waals surface area contributed by atoms with Gasteiger partial charge in [0.25, 0.3) is 0 Å². The molecule has 0 radical (unpaired) electrons. The summed E-state index contributed by atoms with van der Waals surface area (Å²) in [6.07, 6.45) is 1.56. The topological polar surface area (TPSA) is 52.5 Å². The molecule has 1 N–H and O–H groups in total. The van der Waals surface area contributed by atoms with Crippen molar-refractivity contribution >= 4 is 28.8 Å². The van der Waals surface area contributed by atoms with Crippen LogP contribution in [-0.4, -0.2) is 72.3 Å². The van der Waals surface area contributed by atoms with Crippen molar-refractivity contribution in [2.75, 3.05) is 39.8 Å². The first-order valence-electron chi connectivity index (χ1n) is 7.91. The number of fused-ring (bicyclic) bond motifs is 1. The zero-order valence-electron chi connectivity index (χ0n) is 13.5. The van der Waals surface area contributed by atoms with Crippen LogP contribution in [0.1, 0.15) is 14.8 Å². The lowest BCUT2D eigenvalue weighted by molar-refractivity contribution is 0.0655. The van der Waals surface area contributed by atoms with E-state index in [9.17, 15) is 4.39 Å². The van der Waals surface area contributed by atoms with Crippen molar-refractivity contribution in [3.05, 3.63) is 12.0 Å². The fraction of sp³-hybridized carbons (Fsp3) is 0.667. The van der Waals surface area contributed by atoms with Gasteiger partial charge in [-0.3, -0.25) is 10.4 Å². The van der Waals surface area contributed by atoms with Crippen molar-refractivity contribution in [3.63, 3.8) is 0 Å². The minimum atomic E-state index is -0.355. The first-order chi connectivity index (χ1) is 11.1. The summed E-state index contributed by atoms with van der Waals surface area (Å²) >= 11 is 5.42. The van der Waals surface area contributed by atoms with Crippen molar-refractivity contribution in [1.29, 1.82) is 0 Å². The van der Waals surface area contributed by atoms with Crippen molar-refractivity contribution in [1.82, 2.24) is 15.2 Å². The number of nitrogens with zero attached hydrogens (tertiary/aromatic N) is 4. The molecule has 3 heterocycles. The number of likely N-dealkylation sites (N-methyl/N-ethyl adjacent to an activating group) is 1. The number of rotatable bonds is 1. The van der Waals surface area contributed by atoms with Crippen LogP contribution in [-0.2, 0) is 4.74 Å². The largest absolute Gasteiger partial charge is 0.371 e. The number of halogens is 1. The van der Waals surface area contributed by atoms with E-state index < -0.39 is 0 Å². The number of hydrogen-bond acceptors (Lipinski definition) is 5. The lowest BCUT2D eigenvalue weighted by atomic mass is 9.91. The standard InChI is InChI=1S/C15H22FN5OS.H2/c1-10-11(16)9-17-13-12(3-8-22-14(10)13)18-19-15(23)21-6-4-20(2)5-7-21;/h9-10,14H,3-8H2,1-2H3,(H,19,23);1H/b18-12-;. The molecular weight excluding hydrogens is 317 g/mol. The van der Waals surface area contributed by atoms with Crippen LogP contribution < -0.4 is 5.43 Å². The number of nitrogens with one attached hydrogen (secondary N) is 1. The van der Waals surface area contributed by atoms with E-state index in [4.69, 9.17) is 17.0 Å². The summed E-state index contributed by atoms with van der Waals surface area (Å²) in [5.74, 6) is -0.571. The van der Waals surface area contributed by atoms with Gasteiger partial charge in [0.2, 0.25) is 0 Å². The van der Waals surface area contributed by atoms with Crippen LogP contribution in [0.15, 0.2) is 22.1 Å². The van der Waals surface area contributed by atoms with Gasteiger partial charge < -0.3 is 14.5 Å². The highest BCUT2D eigenvalue weighted by molar-refractivity contribution is 7.80. The van der Waals surface area contributed by atoms with Gasteiger partial charge in [-0.1, -0.05) is 6.92 Å². The highest BCUT2D eigenvalue weighted by Crippen LogP contribution is 2.27. The minimum absolute atomic E-state index is 0. The SMILES string of the molecule is CC1C(F)=CN=C2/C(=N\NC(=S)N3CCN(C)CC3)CCOC21.[HH]. The molecule has 2 fully saturated rings. The minimum Gasteiger partial charge on any atom is -0.371 e. The van der Waals surface area contributed by atoms with Crippen LogP contribution in [0.3, 0.4) is 0 Å². The Bertz CT molecular complexity index is 574. The maximum atomic E-state index is 13.7. The van der Waals surface area contributed by atoms with E-state index in [1.807, 2.05) is 0 Å². The van der Waals surface area contributed by atoms with Crippen LogP contribution in [0, 0.1) is 5.92 Å². The van der Waals surface area contributed by atoms with Crippen LogP contribution in [0.25, 0.3) is 0 Å². The van der Waals surface area contributed by atoms with Crippen molar-refractivity contribution in [2.24, 2.45) is 16.0 Å². The molecule has 3 rings (SSSR count). The Kier molecular flexibility index (Phi) is 5.03. The van der Waals surface area contributed by atoms with Crippen LogP contribution in [0.5, 0.6) is 0 Å². The number of aliphatic imine (C=N–C) groups is 1. The molecule has 2 saturated heterocycles. The first-order valence-corrected chi connectivity index (χ1v) is 8.32. The fourth-order valence-corrected chi connectivity index (χ4v) is 3.11. The molecule has 128 valence electrons. The maximum Gasteiger partial charge on any atom is 0.189 e. The Morgan fingerprint density at radius 3 is 2.96 bits per heavy atom. The van der Waals surface area contributed by atoms with Crippen LogP contribution in [0.2, 0.25) is 0 Å². The molecule has 23 heavy (non-hydrogen) atoms. The number of ether oxygens (including phenoxy) is 1. The summed E-state index contributed by atoms with van der Waals surface area (Å²) in [6, 6.07) is 0. The molecule has 0 aromatic rings. The molecule has 8 heteroatoms. The Morgan fingerprint density at radius 2 is 2.22 bits per heavy atom. The van der Waals surface area contributed by atoms with E-state index >= 15 is 0 Å². The summed E-state index contributed by atoms with van der Waals surface area (Å²) in [4.78, 5) is 8.57. The highest BCUT2D eigenvalue weighted by Gasteiger charge is 2.35. The first kappa shape index (κ1) is 16.5. The molecule has 2 atom stereocenters. The molecule has 0 aromatic heterocycles. The Hall–Kier alpha value is -1.38. The average Bonchev–Trinajstić information content (AvgIpc) is 2.56. The zero-order chi connectivity index (χ0) is 16.4. The Morgan fingerprint density at radius 1 is 1.48 bits per heavy atom. The van der Waals surface area contributed by atoms with E-state index in [0.29, 0.717) is 23.9 Å². The third kappa shape index (κ3) is 3.59. The van der Waals surface area contributed by atoms with E-state index in [0.717, 1.165) is 31.9 Å². The van der Waals surface area contributed by atoms with Crippen molar-refractivity contribution < 1.29 is 10.6 Å². The molecule has 3 aliphatic heterocycles. The maximum absolute atomic E-state index is 13.7. The van der Waals surface area contributed by atoms with E-state index in [2.05, 4.69) is 32.4 Å². The number of piperazine rings is 1. The monoisotopic (exact) mass is 341 g/mol. The predicted octanol–water partition coefficient (Wildman–Crippen LogP) is 1.40. The van der Waals surface area contributed by atoms with Gasteiger partial charge in [-0.2, -0.15) is 5.10 Å². The Balaban J connectivity index is 0.00000208. The number of hydrogen-bond donors (Lipinski definition) is 1. The summed E-state index contributed by atoms with van der Waals surface area (Å²) in [7, 11) is 2.10. The molecule has 6 nitrogen and oxygen atoms in total. The van der Waals surface area contributed by atoms with Crippen LogP contribution in [0.4, 0.5) is 4.39 Å². The molecule has 0 saturated carbocycles. The molecular formula is C15H24FN5OS. The van der Waals surface area contributed by atoms with E-state index in [1.54, 1.807) is 6.92 Å². The van der Waals surface area contributed by atoms with Crippen molar-refractivity contribution in [2.45, 2.75) is 19.4 Å². The average molecular weight is 341 g/mol. The van der Waals surface area contributed by atoms with E-state index in [1.165, 1.54) is 6.20 Å². The van der Waals surface area contributed by atoms with Gasteiger partial charge in [0.05, 0.1) is 24.2 Å². The lowest BCUT2D eigenvalue weighted by Crippen LogP contribution is -2.50. The third-order valence-electron chi connectivity index (χ3n) is 4.49. The van der Waals surface area contributed by atoms with Gasteiger partial charge in [-0.05, 0) is 19.3 Å². The van der Waals surface area contributed by atoms with Gasteiger partial charge in [-0.15, -0.1) is 0 Å². The normalized spacial score (nSPS) is 30.6. The molecule has 0 spiro atoms. The smallest absolute Gasteiger partial charge is 0.189 e. The third-order valence-corrected chi connectivity index (χ3v) is 4.84. The molecule has 0 amide bonds. The van der Waals surface area contributed by atoms with E-state index in [-0.39, 0.29) is 19.3 Å². The van der Waals surface area contributed by atoms with Gasteiger partial charge in [0.1, 0.15) is 11.9 Å². The quantitative estimate of drug-likeness (QED) is 0.577. The Labute approximate surface area is 142 Å². The zero-order valence-corrected chi connectivity index (χ0v) is 14.3. The molecule has 0 aromatic carbocycles. The van der Waals surface area contributed by atoms with Crippen molar-refractivity contribution in [3.8, 4) is 0 Å². The highest BCUT2D eigenvalue weighted by atomic mass is 32.1. The second kappa shape index (κ2) is 7.02. The molecule has 2 unspecified atom stereocenters. The summed E-state index contributed by atoms with van der Waals surface area (Å²) in [6.45, 7) is 6.08. The van der Waals surface area contributed by atoms with Gasteiger partial charge in [0.15, 0.2) is 5.11 Å². The summed E-state index contributed by atoms with van der Waals surface area (Å²) in [5.41, 5.74) is 4.48. The lowest BCUT2D eigenvalue weighted by Gasteiger charge is -2.34. The summed E-state index contributed by atoms with van der Waals surface area (Å²) < 4.78 is 19.3. The number of thiocarbonyl (C=S) groups is 1. The molecule has 0 aliphatic carbocycles. The number of hydrazone groups is 1. The predicted molar refractivity (Wildman–Crippen MR) is 94.5 cm³/mol. The van der Waals surface area contributed by atoms with Gasteiger partial charge in [0, 0.05) is 39.9 Å². The summed E-state index contributed by atoms with van der Waals surface area (Å²) in [5, 5.41) is 5.05. The molecule has 0 bridgehead atoms. The second-order valence-electron chi connectivity index (χ2n) is 6.12. The molecule has 3 aliphatic rings. The van der Waals surface area contributed by atoms with Gasteiger partial charge >= 0.3 is 0 Å². The fourth-order valence-electron chi connectivity index (χ4n) is 2.89. The van der Waals surface area contributed by atoms with Crippen LogP contribution >= 0.6 is 12.2 Å².